The van der Waals surface area contributed by atoms with E-state index in [0.717, 1.165) is 0 Å². The molecule has 0 aliphatic heterocycles. The number of hydrogen-bond donors (Lipinski definition) is 1. The molecular weight excluding hydrogens is 224 g/mol. The predicted molar refractivity (Wildman–Crippen MR) is 58.8 cm³/mol. The number of rotatable bonds is 3. The minimum absolute atomic E-state index is 0.0901. The summed E-state index contributed by atoms with van der Waals surface area (Å²) in [6, 6.07) is 1.64. The molecular formula is C10H12N4O3. The van der Waals surface area contributed by atoms with Gasteiger partial charge >= 0.3 is 5.97 Å². The lowest BCUT2D eigenvalue weighted by Gasteiger charge is -2.03. The van der Waals surface area contributed by atoms with Gasteiger partial charge in [0.15, 0.2) is 11.5 Å². The molecule has 0 atom stereocenters. The van der Waals surface area contributed by atoms with E-state index in [4.69, 9.17) is 10.3 Å². The second-order valence-corrected chi connectivity index (χ2v) is 3.30. The number of methoxy groups -OCH3 is 1. The Kier molecular flexibility index (Phi) is 2.82. The van der Waals surface area contributed by atoms with Crippen LogP contribution < -0.4 is 5.73 Å². The van der Waals surface area contributed by atoms with Crippen LogP contribution in [-0.2, 0) is 11.2 Å². The van der Waals surface area contributed by atoms with E-state index in [1.165, 1.54) is 13.4 Å². The van der Waals surface area contributed by atoms with E-state index in [-0.39, 0.29) is 11.5 Å². The first-order valence-corrected chi connectivity index (χ1v) is 5.05. The SMILES string of the molecule is CCc1nc(C(=O)OC)c(N)n1-c1ccon1. The molecule has 0 fully saturated rings. The number of carbonyl (C=O) groups excluding carboxylic acids is 1. The van der Waals surface area contributed by atoms with Crippen molar-refractivity contribution in [1.29, 1.82) is 0 Å². The van der Waals surface area contributed by atoms with Crippen molar-refractivity contribution in [2.75, 3.05) is 12.8 Å². The highest BCUT2D eigenvalue weighted by molar-refractivity contribution is 5.92. The molecule has 0 saturated heterocycles. The molecule has 90 valence electrons. The zero-order chi connectivity index (χ0) is 12.4. The number of nitrogens with zero attached hydrogens (tertiary/aromatic N) is 3. The van der Waals surface area contributed by atoms with Crippen LogP contribution in [0.1, 0.15) is 23.2 Å². The van der Waals surface area contributed by atoms with E-state index < -0.39 is 5.97 Å². The van der Waals surface area contributed by atoms with Gasteiger partial charge in [-0.1, -0.05) is 12.1 Å². The maximum atomic E-state index is 11.5. The molecule has 0 saturated carbocycles. The second-order valence-electron chi connectivity index (χ2n) is 3.30. The molecule has 2 aromatic rings. The Morgan fingerprint density at radius 3 is 2.94 bits per heavy atom. The van der Waals surface area contributed by atoms with E-state index in [2.05, 4.69) is 14.9 Å². The smallest absolute Gasteiger partial charge is 0.360 e. The van der Waals surface area contributed by atoms with Gasteiger partial charge in [-0.05, 0) is 0 Å². The van der Waals surface area contributed by atoms with Crippen molar-refractivity contribution in [1.82, 2.24) is 14.7 Å². The Hall–Kier alpha value is -2.31. The van der Waals surface area contributed by atoms with Gasteiger partial charge in [-0.2, -0.15) is 0 Å². The van der Waals surface area contributed by atoms with Gasteiger partial charge in [-0.25, -0.2) is 9.78 Å². The van der Waals surface area contributed by atoms with Crippen LogP contribution in [0.15, 0.2) is 16.9 Å². The molecule has 2 heterocycles. The highest BCUT2D eigenvalue weighted by Gasteiger charge is 2.22. The Morgan fingerprint density at radius 2 is 2.41 bits per heavy atom. The number of imidazole rings is 1. The van der Waals surface area contributed by atoms with Crippen molar-refractivity contribution in [3.8, 4) is 5.82 Å². The number of ether oxygens (including phenoxy) is 1. The van der Waals surface area contributed by atoms with Crippen LogP contribution in [0.5, 0.6) is 0 Å². The van der Waals surface area contributed by atoms with E-state index in [9.17, 15) is 4.79 Å². The van der Waals surface area contributed by atoms with Gasteiger partial charge in [0.05, 0.1) is 7.11 Å². The van der Waals surface area contributed by atoms with Gasteiger partial charge in [0.2, 0.25) is 0 Å². The summed E-state index contributed by atoms with van der Waals surface area (Å²) in [5.41, 5.74) is 5.96. The van der Waals surface area contributed by atoms with Gasteiger partial charge in [-0.3, -0.25) is 4.57 Å². The fourth-order valence-electron chi connectivity index (χ4n) is 1.54. The molecule has 0 bridgehead atoms. The topological polar surface area (TPSA) is 96.2 Å². The molecule has 0 unspecified atom stereocenters. The summed E-state index contributed by atoms with van der Waals surface area (Å²) < 4.78 is 10.9. The summed E-state index contributed by atoms with van der Waals surface area (Å²) >= 11 is 0. The lowest BCUT2D eigenvalue weighted by Crippen LogP contribution is -2.08. The van der Waals surface area contributed by atoms with Crippen LogP contribution in [0.25, 0.3) is 5.82 Å². The van der Waals surface area contributed by atoms with Gasteiger partial charge in [0.25, 0.3) is 0 Å². The van der Waals surface area contributed by atoms with Crippen molar-refractivity contribution in [3.05, 3.63) is 23.8 Å². The van der Waals surface area contributed by atoms with Crippen LogP contribution in [0.3, 0.4) is 0 Å². The molecule has 0 aliphatic rings. The molecule has 17 heavy (non-hydrogen) atoms. The quantitative estimate of drug-likeness (QED) is 0.791. The van der Waals surface area contributed by atoms with Crippen LogP contribution in [0, 0.1) is 0 Å². The lowest BCUT2D eigenvalue weighted by molar-refractivity contribution is 0.0596. The van der Waals surface area contributed by atoms with Crippen LogP contribution in [0.2, 0.25) is 0 Å². The van der Waals surface area contributed by atoms with E-state index in [1.807, 2.05) is 6.92 Å². The fourth-order valence-corrected chi connectivity index (χ4v) is 1.54. The highest BCUT2D eigenvalue weighted by Crippen LogP contribution is 2.20. The number of carbonyl (C=O) groups is 1. The molecule has 7 nitrogen and oxygen atoms in total. The number of aryl methyl sites for hydroxylation is 1. The number of aromatic nitrogens is 3. The number of anilines is 1. The molecule has 0 amide bonds. The summed E-state index contributed by atoms with van der Waals surface area (Å²) in [6.07, 6.45) is 2.03. The van der Waals surface area contributed by atoms with Gasteiger partial charge < -0.3 is 15.0 Å². The monoisotopic (exact) mass is 236 g/mol. The van der Waals surface area contributed by atoms with Crippen molar-refractivity contribution in [3.63, 3.8) is 0 Å². The van der Waals surface area contributed by atoms with Crippen LogP contribution >= 0.6 is 0 Å². The maximum Gasteiger partial charge on any atom is 0.360 e. The largest absolute Gasteiger partial charge is 0.464 e. The lowest BCUT2D eigenvalue weighted by atomic mass is 10.4. The summed E-state index contributed by atoms with van der Waals surface area (Å²) in [7, 11) is 1.28. The van der Waals surface area contributed by atoms with Gasteiger partial charge in [0, 0.05) is 12.5 Å². The Labute approximate surface area is 97.2 Å². The van der Waals surface area contributed by atoms with Crippen molar-refractivity contribution < 1.29 is 14.1 Å². The van der Waals surface area contributed by atoms with Crippen LogP contribution in [0.4, 0.5) is 5.82 Å². The number of nitrogen functional groups attached to an aromatic ring is 1. The van der Waals surface area contributed by atoms with Crippen molar-refractivity contribution in [2.45, 2.75) is 13.3 Å². The average Bonchev–Trinajstić information content (AvgIpc) is 2.95. The average molecular weight is 236 g/mol. The molecule has 2 N–H and O–H groups in total. The minimum Gasteiger partial charge on any atom is -0.464 e. The normalized spacial score (nSPS) is 10.5. The first-order chi connectivity index (χ1) is 8.19. The molecule has 0 spiro atoms. The van der Waals surface area contributed by atoms with E-state index in [1.54, 1.807) is 10.6 Å². The fraction of sp³-hybridized carbons (Fsp3) is 0.300. The summed E-state index contributed by atoms with van der Waals surface area (Å²) in [5.74, 6) is 0.737. The molecule has 0 radical (unpaired) electrons. The summed E-state index contributed by atoms with van der Waals surface area (Å²) in [5, 5.41) is 3.77. The van der Waals surface area contributed by atoms with Gasteiger partial charge in [0.1, 0.15) is 17.9 Å². The Morgan fingerprint density at radius 1 is 1.65 bits per heavy atom. The van der Waals surface area contributed by atoms with E-state index >= 15 is 0 Å². The molecule has 0 aromatic carbocycles. The second kappa shape index (κ2) is 4.28. The van der Waals surface area contributed by atoms with Crippen molar-refractivity contribution in [2.24, 2.45) is 0 Å². The third kappa shape index (κ3) is 1.75. The number of esters is 1. The first kappa shape index (κ1) is 11.2. The first-order valence-electron chi connectivity index (χ1n) is 5.05. The van der Waals surface area contributed by atoms with Crippen molar-refractivity contribution >= 4 is 11.8 Å². The molecule has 2 aromatic heterocycles. The number of nitrogens with two attached hydrogens (primary N) is 1. The van der Waals surface area contributed by atoms with Crippen LogP contribution in [-0.4, -0.2) is 27.8 Å². The predicted octanol–water partition coefficient (Wildman–Crippen LogP) is 0.792. The van der Waals surface area contributed by atoms with E-state index in [0.29, 0.717) is 18.1 Å². The summed E-state index contributed by atoms with van der Waals surface area (Å²) in [4.78, 5) is 15.6. The third-order valence-corrected chi connectivity index (χ3v) is 2.33. The zero-order valence-electron chi connectivity index (χ0n) is 9.51. The maximum absolute atomic E-state index is 11.5. The minimum atomic E-state index is -0.570. The molecule has 2 rings (SSSR count). The zero-order valence-corrected chi connectivity index (χ0v) is 9.51. The Bertz CT molecular complexity index is 530. The highest BCUT2D eigenvalue weighted by atomic mass is 16.5. The molecule has 0 aliphatic carbocycles. The van der Waals surface area contributed by atoms with Gasteiger partial charge in [-0.15, -0.1) is 0 Å². The Balaban J connectivity index is 2.59. The standard InChI is InChI=1S/C10H12N4O3/c1-3-6-12-8(10(15)16-2)9(11)14(6)7-4-5-17-13-7/h4-5H,3,11H2,1-2H3. The third-order valence-electron chi connectivity index (χ3n) is 2.33. The molecule has 7 heteroatoms. The number of hydrogen-bond acceptors (Lipinski definition) is 6. The summed E-state index contributed by atoms with van der Waals surface area (Å²) in [6.45, 7) is 1.90.